The van der Waals surface area contributed by atoms with Gasteiger partial charge in [-0.3, -0.25) is 9.59 Å². The van der Waals surface area contributed by atoms with Crippen molar-refractivity contribution < 1.29 is 14.7 Å². The molecule has 0 aromatic carbocycles. The Labute approximate surface area is 101 Å². The predicted octanol–water partition coefficient (Wildman–Crippen LogP) is 1.39. The van der Waals surface area contributed by atoms with Crippen molar-refractivity contribution in [1.29, 1.82) is 0 Å². The van der Waals surface area contributed by atoms with E-state index in [1.807, 2.05) is 0 Å². The van der Waals surface area contributed by atoms with Gasteiger partial charge in [-0.1, -0.05) is 6.07 Å². The third-order valence-electron chi connectivity index (χ3n) is 1.94. The minimum Gasteiger partial charge on any atom is -0.481 e. The maximum absolute atomic E-state index is 11.8. The lowest BCUT2D eigenvalue weighted by Crippen LogP contribution is -2.29. The van der Waals surface area contributed by atoms with Crippen LogP contribution in [0, 0.1) is 0 Å². The Bertz CT molecular complexity index is 409. The number of hydrogen-bond acceptors (Lipinski definition) is 3. The van der Waals surface area contributed by atoms with Crippen LogP contribution < -0.4 is 0 Å². The molecule has 16 heavy (non-hydrogen) atoms. The molecule has 0 bridgehead atoms. The summed E-state index contributed by atoms with van der Waals surface area (Å²) in [4.78, 5) is 27.5. The molecule has 0 aliphatic carbocycles. The summed E-state index contributed by atoms with van der Waals surface area (Å²) < 4.78 is 0.574. The molecule has 0 aliphatic rings. The highest BCUT2D eigenvalue weighted by atomic mass is 79.9. The van der Waals surface area contributed by atoms with E-state index in [0.717, 1.165) is 0 Å². The van der Waals surface area contributed by atoms with Crippen molar-refractivity contribution >= 4 is 27.8 Å². The molecule has 0 aliphatic heterocycles. The minimum atomic E-state index is -0.929. The number of carboxylic acid groups (broad SMARTS) is 1. The number of carbonyl (C=O) groups excluding carboxylic acids is 1. The Morgan fingerprint density at radius 3 is 2.75 bits per heavy atom. The highest BCUT2D eigenvalue weighted by Gasteiger charge is 2.13. The van der Waals surface area contributed by atoms with Gasteiger partial charge in [0.1, 0.15) is 10.3 Å². The van der Waals surface area contributed by atoms with Crippen molar-refractivity contribution in [3.05, 3.63) is 28.5 Å². The average Bonchev–Trinajstić information content (AvgIpc) is 2.24. The van der Waals surface area contributed by atoms with Gasteiger partial charge in [-0.2, -0.15) is 0 Å². The zero-order valence-corrected chi connectivity index (χ0v) is 10.3. The van der Waals surface area contributed by atoms with E-state index >= 15 is 0 Å². The number of hydrogen-bond donors (Lipinski definition) is 1. The summed E-state index contributed by atoms with van der Waals surface area (Å²) in [5.74, 6) is -1.22. The SMILES string of the molecule is CN(CCC(=O)O)C(=O)c1cccc(Br)n1. The molecule has 1 aromatic rings. The van der Waals surface area contributed by atoms with Crippen LogP contribution in [0.5, 0.6) is 0 Å². The molecule has 1 heterocycles. The first-order valence-corrected chi connectivity index (χ1v) is 5.40. The fourth-order valence-corrected chi connectivity index (χ4v) is 1.43. The van der Waals surface area contributed by atoms with E-state index in [2.05, 4.69) is 20.9 Å². The number of nitrogens with zero attached hydrogens (tertiary/aromatic N) is 2. The first-order valence-electron chi connectivity index (χ1n) is 4.60. The summed E-state index contributed by atoms with van der Waals surface area (Å²) in [6.07, 6.45) is -0.0732. The first-order chi connectivity index (χ1) is 7.50. The lowest BCUT2D eigenvalue weighted by atomic mass is 10.3. The second-order valence-electron chi connectivity index (χ2n) is 3.22. The molecule has 1 aromatic heterocycles. The standard InChI is InChI=1S/C10H11BrN2O3/c1-13(6-5-9(14)15)10(16)7-3-2-4-8(11)12-7/h2-4H,5-6H2,1H3,(H,14,15). The van der Waals surface area contributed by atoms with Crippen LogP contribution in [0.25, 0.3) is 0 Å². The van der Waals surface area contributed by atoms with Gasteiger partial charge in [0, 0.05) is 13.6 Å². The van der Waals surface area contributed by atoms with Gasteiger partial charge in [0.05, 0.1) is 6.42 Å². The lowest BCUT2D eigenvalue weighted by Gasteiger charge is -2.15. The predicted molar refractivity (Wildman–Crippen MR) is 61.2 cm³/mol. The fourth-order valence-electron chi connectivity index (χ4n) is 1.09. The zero-order chi connectivity index (χ0) is 12.1. The van der Waals surface area contributed by atoms with Gasteiger partial charge < -0.3 is 10.0 Å². The Kier molecular flexibility index (Phi) is 4.42. The molecule has 0 atom stereocenters. The number of carbonyl (C=O) groups is 2. The Morgan fingerprint density at radius 2 is 2.19 bits per heavy atom. The average molecular weight is 287 g/mol. The molecule has 0 saturated carbocycles. The third-order valence-corrected chi connectivity index (χ3v) is 2.38. The minimum absolute atomic E-state index is 0.0732. The topological polar surface area (TPSA) is 70.5 Å². The van der Waals surface area contributed by atoms with E-state index in [-0.39, 0.29) is 18.9 Å². The molecule has 1 amide bonds. The van der Waals surface area contributed by atoms with Crippen molar-refractivity contribution in [1.82, 2.24) is 9.88 Å². The Morgan fingerprint density at radius 1 is 1.50 bits per heavy atom. The van der Waals surface area contributed by atoms with Crippen LogP contribution >= 0.6 is 15.9 Å². The number of pyridine rings is 1. The number of rotatable bonds is 4. The number of carboxylic acids is 1. The quantitative estimate of drug-likeness (QED) is 0.849. The number of aromatic nitrogens is 1. The molecule has 1 rings (SSSR count). The van der Waals surface area contributed by atoms with E-state index in [4.69, 9.17) is 5.11 Å². The largest absolute Gasteiger partial charge is 0.481 e. The molecule has 0 spiro atoms. The van der Waals surface area contributed by atoms with E-state index in [1.54, 1.807) is 25.2 Å². The molecular weight excluding hydrogens is 276 g/mol. The van der Waals surface area contributed by atoms with Crippen molar-refractivity contribution in [3.8, 4) is 0 Å². The van der Waals surface area contributed by atoms with Gasteiger partial charge >= 0.3 is 5.97 Å². The zero-order valence-electron chi connectivity index (χ0n) is 8.68. The summed E-state index contributed by atoms with van der Waals surface area (Å²) in [6, 6.07) is 5.01. The maximum Gasteiger partial charge on any atom is 0.305 e. The van der Waals surface area contributed by atoms with Crippen LogP contribution in [-0.2, 0) is 4.79 Å². The van der Waals surface area contributed by atoms with Gasteiger partial charge in [-0.05, 0) is 28.1 Å². The van der Waals surface area contributed by atoms with Gasteiger partial charge in [0.2, 0.25) is 0 Å². The summed E-state index contributed by atoms with van der Waals surface area (Å²) in [7, 11) is 1.55. The van der Waals surface area contributed by atoms with Crippen LogP contribution in [0.1, 0.15) is 16.9 Å². The highest BCUT2D eigenvalue weighted by Crippen LogP contribution is 2.08. The summed E-state index contributed by atoms with van der Waals surface area (Å²) >= 11 is 3.17. The van der Waals surface area contributed by atoms with Crippen molar-refractivity contribution in [2.75, 3.05) is 13.6 Å². The van der Waals surface area contributed by atoms with E-state index in [1.165, 1.54) is 4.90 Å². The third kappa shape index (κ3) is 3.62. The van der Waals surface area contributed by atoms with Crippen molar-refractivity contribution in [2.45, 2.75) is 6.42 Å². The summed E-state index contributed by atoms with van der Waals surface area (Å²) in [5, 5.41) is 8.50. The second-order valence-corrected chi connectivity index (χ2v) is 4.03. The molecule has 0 fully saturated rings. The maximum atomic E-state index is 11.8. The van der Waals surface area contributed by atoms with Crippen LogP contribution in [0.2, 0.25) is 0 Å². The molecule has 5 nitrogen and oxygen atoms in total. The van der Waals surface area contributed by atoms with Crippen LogP contribution in [0.4, 0.5) is 0 Å². The Balaban J connectivity index is 2.67. The molecule has 1 N–H and O–H groups in total. The first kappa shape index (κ1) is 12.6. The number of amides is 1. The molecule has 0 saturated heterocycles. The Hall–Kier alpha value is -1.43. The monoisotopic (exact) mass is 286 g/mol. The second kappa shape index (κ2) is 5.60. The van der Waals surface area contributed by atoms with Crippen LogP contribution in [0.3, 0.4) is 0 Å². The van der Waals surface area contributed by atoms with Gasteiger partial charge in [0.25, 0.3) is 5.91 Å². The fraction of sp³-hybridized carbons (Fsp3) is 0.300. The van der Waals surface area contributed by atoms with E-state index in [0.29, 0.717) is 10.3 Å². The molecule has 0 unspecified atom stereocenters. The molecule has 86 valence electrons. The molecular formula is C10H11BrN2O3. The molecule has 0 radical (unpaired) electrons. The van der Waals surface area contributed by atoms with Crippen molar-refractivity contribution in [3.63, 3.8) is 0 Å². The number of halogens is 1. The van der Waals surface area contributed by atoms with Gasteiger partial charge in [-0.25, -0.2) is 4.98 Å². The van der Waals surface area contributed by atoms with Crippen LogP contribution in [0.15, 0.2) is 22.8 Å². The van der Waals surface area contributed by atoms with E-state index in [9.17, 15) is 9.59 Å². The normalized spacial score (nSPS) is 9.88. The van der Waals surface area contributed by atoms with Crippen molar-refractivity contribution in [2.24, 2.45) is 0 Å². The van der Waals surface area contributed by atoms with Gasteiger partial charge in [-0.15, -0.1) is 0 Å². The smallest absolute Gasteiger partial charge is 0.305 e. The lowest BCUT2D eigenvalue weighted by molar-refractivity contribution is -0.137. The summed E-state index contributed by atoms with van der Waals surface area (Å²) in [6.45, 7) is 0.169. The molecule has 6 heteroatoms. The van der Waals surface area contributed by atoms with Crippen LogP contribution in [-0.4, -0.2) is 40.5 Å². The number of aliphatic carboxylic acids is 1. The highest BCUT2D eigenvalue weighted by molar-refractivity contribution is 9.10. The summed E-state index contributed by atoms with van der Waals surface area (Å²) in [5.41, 5.74) is 0.294. The van der Waals surface area contributed by atoms with E-state index < -0.39 is 5.97 Å². The van der Waals surface area contributed by atoms with Gasteiger partial charge in [0.15, 0.2) is 0 Å².